The standard InChI is InChI=1S/C26H26FN5.HI/c1-28-26(30-16-20-8-12-24(27)13-9-20)31-17-23-4-2-3-5-25(23)22-10-6-21(7-11-22)18-32-15-14-29-19-32;/h2-15,19H,16-18H2,1H3,(H2,28,30,31);1H. The Balaban J connectivity index is 0.00000306. The average Bonchev–Trinajstić information content (AvgIpc) is 3.34. The number of aromatic nitrogens is 2. The summed E-state index contributed by atoms with van der Waals surface area (Å²) in [6.45, 7) is 2.01. The lowest BCUT2D eigenvalue weighted by molar-refractivity contribution is 0.626. The molecule has 2 N–H and O–H groups in total. The lowest BCUT2D eigenvalue weighted by Crippen LogP contribution is -2.36. The van der Waals surface area contributed by atoms with Crippen molar-refractivity contribution >= 4 is 29.9 Å². The molecule has 0 radical (unpaired) electrons. The van der Waals surface area contributed by atoms with Crippen molar-refractivity contribution in [3.63, 3.8) is 0 Å². The van der Waals surface area contributed by atoms with Crippen LogP contribution in [0.25, 0.3) is 11.1 Å². The molecule has 0 aliphatic rings. The van der Waals surface area contributed by atoms with Crippen molar-refractivity contribution in [3.8, 4) is 11.1 Å². The molecule has 33 heavy (non-hydrogen) atoms. The van der Waals surface area contributed by atoms with E-state index in [4.69, 9.17) is 0 Å². The molecule has 1 heterocycles. The molecule has 0 spiro atoms. The smallest absolute Gasteiger partial charge is 0.191 e. The van der Waals surface area contributed by atoms with Crippen LogP contribution < -0.4 is 10.6 Å². The lowest BCUT2D eigenvalue weighted by atomic mass is 9.98. The second kappa shape index (κ2) is 12.2. The molecule has 7 heteroatoms. The molecule has 3 aromatic carbocycles. The highest BCUT2D eigenvalue weighted by molar-refractivity contribution is 14.0. The summed E-state index contributed by atoms with van der Waals surface area (Å²) >= 11 is 0. The molecule has 0 amide bonds. The Morgan fingerprint density at radius 1 is 0.909 bits per heavy atom. The lowest BCUT2D eigenvalue weighted by Gasteiger charge is -2.15. The average molecular weight is 555 g/mol. The van der Waals surface area contributed by atoms with Gasteiger partial charge in [0.25, 0.3) is 0 Å². The van der Waals surface area contributed by atoms with Crippen LogP contribution in [0.15, 0.2) is 96.5 Å². The number of nitrogens with zero attached hydrogens (tertiary/aromatic N) is 3. The maximum Gasteiger partial charge on any atom is 0.191 e. The molecule has 0 saturated heterocycles. The van der Waals surface area contributed by atoms with Crippen LogP contribution >= 0.6 is 24.0 Å². The summed E-state index contributed by atoms with van der Waals surface area (Å²) in [6, 6.07) is 23.4. The van der Waals surface area contributed by atoms with Crippen molar-refractivity contribution in [2.75, 3.05) is 7.05 Å². The van der Waals surface area contributed by atoms with Gasteiger partial charge in [0.15, 0.2) is 5.96 Å². The number of halogens is 2. The van der Waals surface area contributed by atoms with Gasteiger partial charge in [-0.05, 0) is 39.9 Å². The maximum absolute atomic E-state index is 13.1. The molecule has 0 aliphatic heterocycles. The quantitative estimate of drug-likeness (QED) is 0.187. The number of guanidine groups is 1. The van der Waals surface area contributed by atoms with Gasteiger partial charge in [-0.1, -0.05) is 60.7 Å². The molecule has 0 aliphatic carbocycles. The highest BCUT2D eigenvalue weighted by Crippen LogP contribution is 2.24. The van der Waals surface area contributed by atoms with Gasteiger partial charge < -0.3 is 15.2 Å². The minimum atomic E-state index is -0.234. The molecule has 4 aromatic rings. The zero-order valence-electron chi connectivity index (χ0n) is 18.4. The first-order valence-electron chi connectivity index (χ1n) is 10.5. The number of rotatable bonds is 7. The van der Waals surface area contributed by atoms with Crippen LogP contribution in [-0.4, -0.2) is 22.6 Å². The van der Waals surface area contributed by atoms with Crippen LogP contribution in [-0.2, 0) is 19.6 Å². The van der Waals surface area contributed by atoms with Gasteiger partial charge >= 0.3 is 0 Å². The first kappa shape index (κ1) is 24.4. The first-order valence-corrected chi connectivity index (χ1v) is 10.5. The summed E-state index contributed by atoms with van der Waals surface area (Å²) in [5.41, 5.74) is 5.76. The molecular formula is C26H27FIN5. The fourth-order valence-electron chi connectivity index (χ4n) is 3.52. The van der Waals surface area contributed by atoms with Gasteiger partial charge in [0.2, 0.25) is 0 Å². The number of nitrogens with one attached hydrogen (secondary N) is 2. The molecule has 0 unspecified atom stereocenters. The van der Waals surface area contributed by atoms with Crippen molar-refractivity contribution in [1.82, 2.24) is 20.2 Å². The number of hydrogen-bond donors (Lipinski definition) is 2. The van der Waals surface area contributed by atoms with Crippen LogP contribution in [0.1, 0.15) is 16.7 Å². The van der Waals surface area contributed by atoms with E-state index in [1.54, 1.807) is 25.4 Å². The number of aliphatic imine (C=N–C) groups is 1. The minimum Gasteiger partial charge on any atom is -0.352 e. The zero-order chi connectivity index (χ0) is 22.2. The monoisotopic (exact) mass is 555 g/mol. The predicted octanol–water partition coefficient (Wildman–Crippen LogP) is 5.22. The highest BCUT2D eigenvalue weighted by atomic mass is 127. The van der Waals surface area contributed by atoms with Crippen LogP contribution in [0.5, 0.6) is 0 Å². The fraction of sp³-hybridized carbons (Fsp3) is 0.154. The second-order valence-electron chi connectivity index (χ2n) is 7.49. The third-order valence-corrected chi connectivity index (χ3v) is 5.25. The van der Waals surface area contributed by atoms with Crippen LogP contribution in [0.3, 0.4) is 0 Å². The molecule has 170 valence electrons. The Labute approximate surface area is 210 Å². The van der Waals surface area contributed by atoms with Crippen LogP contribution in [0.4, 0.5) is 4.39 Å². The van der Waals surface area contributed by atoms with E-state index < -0.39 is 0 Å². The molecule has 0 fully saturated rings. The van der Waals surface area contributed by atoms with Crippen molar-refractivity contribution < 1.29 is 4.39 Å². The summed E-state index contributed by atoms with van der Waals surface area (Å²) in [5, 5.41) is 6.65. The van der Waals surface area contributed by atoms with E-state index in [2.05, 4.69) is 67.6 Å². The third-order valence-electron chi connectivity index (χ3n) is 5.25. The molecular weight excluding hydrogens is 528 g/mol. The van der Waals surface area contributed by atoms with E-state index in [9.17, 15) is 4.39 Å². The largest absolute Gasteiger partial charge is 0.352 e. The molecule has 1 aromatic heterocycles. The Hall–Kier alpha value is -3.20. The van der Waals surface area contributed by atoms with E-state index >= 15 is 0 Å². The molecule has 5 nitrogen and oxygen atoms in total. The normalized spacial score (nSPS) is 11.0. The van der Waals surface area contributed by atoms with E-state index in [0.29, 0.717) is 19.0 Å². The van der Waals surface area contributed by atoms with Crippen molar-refractivity contribution in [3.05, 3.63) is 114 Å². The summed E-state index contributed by atoms with van der Waals surface area (Å²) in [7, 11) is 1.74. The van der Waals surface area contributed by atoms with Gasteiger partial charge in [0, 0.05) is 39.1 Å². The predicted molar refractivity (Wildman–Crippen MR) is 142 cm³/mol. The van der Waals surface area contributed by atoms with Crippen molar-refractivity contribution in [2.45, 2.75) is 19.6 Å². The fourth-order valence-corrected chi connectivity index (χ4v) is 3.52. The summed E-state index contributed by atoms with van der Waals surface area (Å²) in [6.07, 6.45) is 5.58. The molecule has 0 atom stereocenters. The topological polar surface area (TPSA) is 54.2 Å². The van der Waals surface area contributed by atoms with Gasteiger partial charge in [0.05, 0.1) is 6.33 Å². The van der Waals surface area contributed by atoms with E-state index in [1.165, 1.54) is 34.4 Å². The molecule has 0 bridgehead atoms. The first-order chi connectivity index (χ1) is 15.7. The van der Waals surface area contributed by atoms with E-state index in [1.807, 2.05) is 18.6 Å². The Bertz CT molecular complexity index is 1160. The summed E-state index contributed by atoms with van der Waals surface area (Å²) in [5.74, 6) is 0.461. The van der Waals surface area contributed by atoms with Gasteiger partial charge in [-0.15, -0.1) is 24.0 Å². The van der Waals surface area contributed by atoms with Crippen LogP contribution in [0.2, 0.25) is 0 Å². The Morgan fingerprint density at radius 2 is 1.61 bits per heavy atom. The summed E-state index contributed by atoms with van der Waals surface area (Å²) < 4.78 is 15.1. The van der Waals surface area contributed by atoms with E-state index in [0.717, 1.165) is 12.1 Å². The summed E-state index contributed by atoms with van der Waals surface area (Å²) in [4.78, 5) is 8.39. The van der Waals surface area contributed by atoms with Crippen molar-refractivity contribution in [2.24, 2.45) is 4.99 Å². The van der Waals surface area contributed by atoms with Gasteiger partial charge in [0.1, 0.15) is 5.82 Å². The van der Waals surface area contributed by atoms with Gasteiger partial charge in [-0.25, -0.2) is 9.37 Å². The van der Waals surface area contributed by atoms with Crippen LogP contribution in [0, 0.1) is 5.82 Å². The molecule has 4 rings (SSSR count). The Kier molecular flexibility index (Phi) is 9.00. The number of hydrogen-bond acceptors (Lipinski definition) is 2. The van der Waals surface area contributed by atoms with E-state index in [-0.39, 0.29) is 29.8 Å². The van der Waals surface area contributed by atoms with Gasteiger partial charge in [-0.3, -0.25) is 4.99 Å². The van der Waals surface area contributed by atoms with Crippen molar-refractivity contribution in [1.29, 1.82) is 0 Å². The zero-order valence-corrected chi connectivity index (χ0v) is 20.7. The number of benzene rings is 3. The Morgan fingerprint density at radius 3 is 2.30 bits per heavy atom. The highest BCUT2D eigenvalue weighted by Gasteiger charge is 2.07. The van der Waals surface area contributed by atoms with Gasteiger partial charge in [-0.2, -0.15) is 0 Å². The molecule has 0 saturated carbocycles. The SMILES string of the molecule is CN=C(NCc1ccc(F)cc1)NCc1ccccc1-c1ccc(Cn2ccnc2)cc1.I. The number of imidazole rings is 1. The maximum atomic E-state index is 13.1. The second-order valence-corrected chi connectivity index (χ2v) is 7.49. The minimum absolute atomic E-state index is 0. The third kappa shape index (κ3) is 6.89.